The van der Waals surface area contributed by atoms with Crippen LogP contribution in [0.25, 0.3) is 0 Å². The molecule has 0 aromatic rings. The Morgan fingerprint density at radius 3 is 2.54 bits per heavy atom. The molecule has 0 aromatic heterocycles. The fourth-order valence-electron chi connectivity index (χ4n) is 10.4. The third-order valence-electron chi connectivity index (χ3n) is 12.1. The van der Waals surface area contributed by atoms with Crippen molar-refractivity contribution in [3.05, 3.63) is 11.6 Å². The minimum Gasteiger partial charge on any atom is -0.463 e. The van der Waals surface area contributed by atoms with Crippen molar-refractivity contribution >= 4 is 11.9 Å². The van der Waals surface area contributed by atoms with Crippen LogP contribution >= 0.6 is 0 Å². The van der Waals surface area contributed by atoms with Crippen molar-refractivity contribution in [1.29, 1.82) is 0 Å². The van der Waals surface area contributed by atoms with E-state index in [1.807, 2.05) is 0 Å². The maximum absolute atomic E-state index is 11.6. The quantitative estimate of drug-likeness (QED) is 0.341. The van der Waals surface area contributed by atoms with Gasteiger partial charge in [0.05, 0.1) is 6.10 Å². The Morgan fingerprint density at radius 2 is 1.81 bits per heavy atom. The van der Waals surface area contributed by atoms with Gasteiger partial charge in [0.1, 0.15) is 18.3 Å². The Bertz CT molecular complexity index is 1010. The number of carbonyl (C=O) groups excluding carboxylic acids is 2. The zero-order chi connectivity index (χ0) is 26.4. The zero-order valence-electron chi connectivity index (χ0n) is 23.6. The second-order valence-corrected chi connectivity index (χ2v) is 14.1. The molecule has 3 saturated carbocycles. The highest BCUT2D eigenvalue weighted by atomic mass is 16.7. The van der Waals surface area contributed by atoms with Crippen molar-refractivity contribution in [2.45, 2.75) is 123 Å². The fraction of sp³-hybridized carbons (Fsp3) is 0.871. The number of hydrogen-bond acceptors (Lipinski definition) is 6. The largest absolute Gasteiger partial charge is 0.463 e. The highest BCUT2D eigenvalue weighted by molar-refractivity contribution is 5.66. The van der Waals surface area contributed by atoms with Gasteiger partial charge < -0.3 is 18.9 Å². The first-order chi connectivity index (χ1) is 17.4. The molecule has 0 amide bonds. The molecule has 0 bridgehead atoms. The predicted octanol–water partition coefficient (Wildman–Crippen LogP) is 5.97. The zero-order valence-corrected chi connectivity index (χ0v) is 23.6. The van der Waals surface area contributed by atoms with Crippen molar-refractivity contribution in [2.24, 2.45) is 40.4 Å². The molecule has 11 atom stereocenters. The standard InChI is InChI=1S/C31H46O6/c1-18-27-26(36-31(18)14-13-28(4,37-31)17-34-19(2)32)16-25-23-8-7-21-15-22(35-20(3)33)9-11-29(21,5)24(23)10-12-30(25,27)6/h7,18,22-27H,8-17H2,1-6H3/t18-,22-,23+,24+,25-,26-,27-,28-,29-,30-,31-/m0/s1. The molecule has 0 radical (unpaired) electrons. The van der Waals surface area contributed by atoms with E-state index in [4.69, 9.17) is 18.9 Å². The summed E-state index contributed by atoms with van der Waals surface area (Å²) < 4.78 is 24.6. The molecule has 0 unspecified atom stereocenters. The van der Waals surface area contributed by atoms with Crippen LogP contribution in [0.2, 0.25) is 0 Å². The Morgan fingerprint density at radius 1 is 1.03 bits per heavy atom. The molecule has 6 aliphatic rings. The van der Waals surface area contributed by atoms with Gasteiger partial charge in [0.2, 0.25) is 0 Å². The molecule has 5 fully saturated rings. The third kappa shape index (κ3) is 3.86. The lowest BCUT2D eigenvalue weighted by Crippen LogP contribution is -2.52. The van der Waals surface area contributed by atoms with Gasteiger partial charge >= 0.3 is 11.9 Å². The molecular formula is C31H46O6. The summed E-state index contributed by atoms with van der Waals surface area (Å²) in [5, 5.41) is 0. The van der Waals surface area contributed by atoms with Crippen LogP contribution in [-0.2, 0) is 28.5 Å². The molecular weight excluding hydrogens is 468 g/mol. The van der Waals surface area contributed by atoms with Crippen molar-refractivity contribution < 1.29 is 28.5 Å². The van der Waals surface area contributed by atoms with E-state index in [0.717, 1.165) is 44.9 Å². The first-order valence-electron chi connectivity index (χ1n) is 14.8. The normalized spacial score (nSPS) is 52.1. The number of carbonyl (C=O) groups is 2. The third-order valence-corrected chi connectivity index (χ3v) is 12.1. The first kappa shape index (κ1) is 25.9. The van der Waals surface area contributed by atoms with E-state index in [2.05, 4.69) is 33.8 Å². The Labute approximate surface area is 222 Å². The minimum atomic E-state index is -0.546. The second kappa shape index (κ2) is 8.55. The van der Waals surface area contributed by atoms with Crippen LogP contribution in [0.15, 0.2) is 11.6 Å². The van der Waals surface area contributed by atoms with E-state index in [9.17, 15) is 9.59 Å². The summed E-state index contributed by atoms with van der Waals surface area (Å²) in [6, 6.07) is 0. The molecule has 2 saturated heterocycles. The van der Waals surface area contributed by atoms with Crippen LogP contribution in [0.1, 0.15) is 99.3 Å². The van der Waals surface area contributed by atoms with Gasteiger partial charge in [-0.25, -0.2) is 0 Å². The molecule has 206 valence electrons. The SMILES string of the molecule is CC(=O)OC[C@]1(C)CC[C@]2(O[C@H]3C[C@H]4[C@@H]5CC=C6C[C@@H](OC(C)=O)CC[C@]6(C)[C@@H]5CC[C@]4(C)[C@H]3[C@@H]2C)O1. The van der Waals surface area contributed by atoms with Crippen LogP contribution in [0, 0.1) is 40.4 Å². The molecule has 37 heavy (non-hydrogen) atoms. The number of fused-ring (bicyclic) bond motifs is 7. The monoisotopic (exact) mass is 514 g/mol. The van der Waals surface area contributed by atoms with Gasteiger partial charge in [0.25, 0.3) is 0 Å². The molecule has 0 N–H and O–H groups in total. The number of esters is 2. The molecule has 1 spiro atoms. The molecule has 2 heterocycles. The average Bonchev–Trinajstić information content (AvgIpc) is 3.41. The smallest absolute Gasteiger partial charge is 0.302 e. The lowest BCUT2D eigenvalue weighted by molar-refractivity contribution is -0.263. The molecule has 6 nitrogen and oxygen atoms in total. The number of rotatable bonds is 3. The number of allylic oxidation sites excluding steroid dienone is 1. The van der Waals surface area contributed by atoms with Crippen LogP contribution in [0.4, 0.5) is 0 Å². The Balaban J connectivity index is 1.20. The van der Waals surface area contributed by atoms with Crippen molar-refractivity contribution in [1.82, 2.24) is 0 Å². The summed E-state index contributed by atoms with van der Waals surface area (Å²) in [5.74, 6) is 1.97. The van der Waals surface area contributed by atoms with Gasteiger partial charge in [-0.3, -0.25) is 9.59 Å². The highest BCUT2D eigenvalue weighted by Crippen LogP contribution is 2.71. The number of ether oxygens (including phenoxy) is 4. The van der Waals surface area contributed by atoms with Crippen molar-refractivity contribution in [2.75, 3.05) is 6.61 Å². The van der Waals surface area contributed by atoms with E-state index in [0.29, 0.717) is 36.2 Å². The van der Waals surface area contributed by atoms with Gasteiger partial charge in [-0.2, -0.15) is 0 Å². The van der Waals surface area contributed by atoms with E-state index in [1.54, 1.807) is 5.57 Å². The average molecular weight is 515 g/mol. The summed E-state index contributed by atoms with van der Waals surface area (Å²) in [6.45, 7) is 12.8. The Kier molecular flexibility index (Phi) is 5.97. The fourth-order valence-corrected chi connectivity index (χ4v) is 10.4. The van der Waals surface area contributed by atoms with Crippen LogP contribution in [-0.4, -0.2) is 42.1 Å². The highest BCUT2D eigenvalue weighted by Gasteiger charge is 2.70. The van der Waals surface area contributed by atoms with Gasteiger partial charge in [0.15, 0.2) is 5.79 Å². The summed E-state index contributed by atoms with van der Waals surface area (Å²) in [6.07, 6.45) is 12.4. The van der Waals surface area contributed by atoms with E-state index < -0.39 is 11.4 Å². The summed E-state index contributed by atoms with van der Waals surface area (Å²) >= 11 is 0. The Hall–Kier alpha value is -1.40. The lowest BCUT2D eigenvalue weighted by atomic mass is 9.47. The van der Waals surface area contributed by atoms with Gasteiger partial charge in [-0.05, 0) is 86.4 Å². The predicted molar refractivity (Wildman–Crippen MR) is 138 cm³/mol. The van der Waals surface area contributed by atoms with E-state index >= 15 is 0 Å². The van der Waals surface area contributed by atoms with Crippen LogP contribution < -0.4 is 0 Å². The van der Waals surface area contributed by atoms with Crippen molar-refractivity contribution in [3.63, 3.8) is 0 Å². The van der Waals surface area contributed by atoms with Gasteiger partial charge in [0, 0.05) is 32.6 Å². The summed E-state index contributed by atoms with van der Waals surface area (Å²) in [7, 11) is 0. The molecule has 4 aliphatic carbocycles. The number of hydrogen-bond donors (Lipinski definition) is 0. The maximum Gasteiger partial charge on any atom is 0.302 e. The molecule has 0 aromatic carbocycles. The molecule has 6 heteroatoms. The minimum absolute atomic E-state index is 0.0523. The van der Waals surface area contributed by atoms with E-state index in [1.165, 1.54) is 26.7 Å². The molecule has 6 rings (SSSR count). The first-order valence-corrected chi connectivity index (χ1v) is 14.8. The molecule has 2 aliphatic heterocycles. The lowest BCUT2D eigenvalue weighted by Gasteiger charge is -2.58. The van der Waals surface area contributed by atoms with Gasteiger partial charge in [-0.15, -0.1) is 0 Å². The van der Waals surface area contributed by atoms with Crippen molar-refractivity contribution in [3.8, 4) is 0 Å². The van der Waals surface area contributed by atoms with Gasteiger partial charge in [-0.1, -0.05) is 32.4 Å². The maximum atomic E-state index is 11.6. The summed E-state index contributed by atoms with van der Waals surface area (Å²) in [4.78, 5) is 23.0. The topological polar surface area (TPSA) is 71.1 Å². The summed E-state index contributed by atoms with van der Waals surface area (Å²) in [5.41, 5.74) is 1.58. The van der Waals surface area contributed by atoms with Crippen LogP contribution in [0.5, 0.6) is 0 Å². The van der Waals surface area contributed by atoms with Crippen LogP contribution in [0.3, 0.4) is 0 Å². The van der Waals surface area contributed by atoms with E-state index in [-0.39, 0.29) is 35.0 Å². The second-order valence-electron chi connectivity index (χ2n) is 14.1.